The lowest BCUT2D eigenvalue weighted by atomic mass is 10.3. The molecule has 0 aliphatic carbocycles. The Kier molecular flexibility index (Phi) is 4.52. The van der Waals surface area contributed by atoms with Crippen molar-refractivity contribution >= 4 is 12.0 Å². The molecule has 0 rings (SSSR count). The molecule has 5 heteroatoms. The molecule has 0 radical (unpaired) electrons. The first-order valence-corrected chi connectivity index (χ1v) is 3.47. The number of carbonyl (C=O) groups is 2. The van der Waals surface area contributed by atoms with E-state index in [1.165, 1.54) is 6.08 Å². The van der Waals surface area contributed by atoms with Gasteiger partial charge < -0.3 is 15.8 Å². The maximum absolute atomic E-state index is 10.9. The fraction of sp³-hybridized carbons (Fsp3) is 0.429. The normalized spacial score (nSPS) is 11.4. The zero-order valence-electron chi connectivity index (χ0n) is 6.87. The summed E-state index contributed by atoms with van der Waals surface area (Å²) in [5, 5.41) is 2.16. The Morgan fingerprint density at radius 2 is 2.33 bits per heavy atom. The predicted molar refractivity (Wildman–Crippen MR) is 43.3 cm³/mol. The lowest BCUT2D eigenvalue weighted by Gasteiger charge is -2.10. The summed E-state index contributed by atoms with van der Waals surface area (Å²) in [6.07, 6.45) is 1.25. The van der Waals surface area contributed by atoms with Gasteiger partial charge in [0.1, 0.15) is 6.04 Å². The standard InChI is InChI=1S/C7H12N2O3/c1-3-5(9-7(8)11)6(10)12-4-2/h3,5H,1,4H2,2H3,(H3,8,9,11). The van der Waals surface area contributed by atoms with Crippen LogP contribution in [-0.2, 0) is 9.53 Å². The molecule has 0 saturated heterocycles. The monoisotopic (exact) mass is 172 g/mol. The summed E-state index contributed by atoms with van der Waals surface area (Å²) in [4.78, 5) is 21.3. The summed E-state index contributed by atoms with van der Waals surface area (Å²) in [5.74, 6) is -0.564. The van der Waals surface area contributed by atoms with Gasteiger partial charge in [0.2, 0.25) is 0 Å². The topological polar surface area (TPSA) is 81.4 Å². The van der Waals surface area contributed by atoms with Gasteiger partial charge in [0, 0.05) is 0 Å². The van der Waals surface area contributed by atoms with Crippen LogP contribution in [0, 0.1) is 0 Å². The second kappa shape index (κ2) is 5.17. The van der Waals surface area contributed by atoms with Gasteiger partial charge in [0.15, 0.2) is 0 Å². The van der Waals surface area contributed by atoms with Gasteiger partial charge in [-0.3, -0.25) is 0 Å². The Morgan fingerprint density at radius 3 is 2.67 bits per heavy atom. The van der Waals surface area contributed by atoms with E-state index in [1.807, 2.05) is 0 Å². The number of esters is 1. The van der Waals surface area contributed by atoms with E-state index in [9.17, 15) is 9.59 Å². The van der Waals surface area contributed by atoms with Crippen molar-refractivity contribution < 1.29 is 14.3 Å². The van der Waals surface area contributed by atoms with Crippen molar-refractivity contribution in [2.24, 2.45) is 5.73 Å². The number of nitrogens with two attached hydrogens (primary N) is 1. The van der Waals surface area contributed by atoms with Crippen LogP contribution in [0.2, 0.25) is 0 Å². The van der Waals surface area contributed by atoms with Crippen molar-refractivity contribution in [3.05, 3.63) is 12.7 Å². The summed E-state index contributed by atoms with van der Waals surface area (Å²) in [5.41, 5.74) is 4.80. The maximum Gasteiger partial charge on any atom is 0.332 e. The molecule has 68 valence electrons. The Morgan fingerprint density at radius 1 is 1.75 bits per heavy atom. The third kappa shape index (κ3) is 3.60. The molecule has 0 aromatic heterocycles. The van der Waals surface area contributed by atoms with Crippen molar-refractivity contribution in [3.63, 3.8) is 0 Å². The number of hydrogen-bond acceptors (Lipinski definition) is 3. The lowest BCUT2D eigenvalue weighted by Crippen LogP contribution is -2.43. The fourth-order valence-corrected chi connectivity index (χ4v) is 0.599. The van der Waals surface area contributed by atoms with Crippen LogP contribution in [0.3, 0.4) is 0 Å². The van der Waals surface area contributed by atoms with Crippen molar-refractivity contribution in [2.45, 2.75) is 13.0 Å². The largest absolute Gasteiger partial charge is 0.464 e. The quantitative estimate of drug-likeness (QED) is 0.454. The van der Waals surface area contributed by atoms with Crippen LogP contribution in [-0.4, -0.2) is 24.6 Å². The molecule has 0 aromatic rings. The van der Waals surface area contributed by atoms with Gasteiger partial charge in [-0.1, -0.05) is 6.08 Å². The minimum Gasteiger partial charge on any atom is -0.464 e. The zero-order valence-corrected chi connectivity index (χ0v) is 6.87. The molecular formula is C7H12N2O3. The first-order chi connectivity index (χ1) is 5.61. The second-order valence-corrected chi connectivity index (χ2v) is 1.97. The van der Waals surface area contributed by atoms with Crippen LogP contribution >= 0.6 is 0 Å². The van der Waals surface area contributed by atoms with E-state index in [-0.39, 0.29) is 6.61 Å². The molecule has 1 unspecified atom stereocenters. The van der Waals surface area contributed by atoms with Gasteiger partial charge in [-0.15, -0.1) is 6.58 Å². The van der Waals surface area contributed by atoms with Crippen molar-refractivity contribution in [3.8, 4) is 0 Å². The number of primary amides is 1. The predicted octanol–water partition coefficient (Wildman–Crippen LogP) is -0.228. The molecule has 1 atom stereocenters. The Hall–Kier alpha value is -1.52. The minimum atomic E-state index is -0.859. The molecule has 0 aromatic carbocycles. The van der Waals surface area contributed by atoms with Gasteiger partial charge in [-0.2, -0.15) is 0 Å². The third-order valence-corrected chi connectivity index (χ3v) is 1.07. The van der Waals surface area contributed by atoms with Crippen LogP contribution in [0.5, 0.6) is 0 Å². The van der Waals surface area contributed by atoms with Gasteiger partial charge in [0.05, 0.1) is 6.61 Å². The second-order valence-electron chi connectivity index (χ2n) is 1.97. The average molecular weight is 172 g/mol. The number of hydrogen-bond donors (Lipinski definition) is 2. The molecule has 0 saturated carbocycles. The first kappa shape index (κ1) is 10.5. The molecular weight excluding hydrogens is 160 g/mol. The molecule has 0 bridgehead atoms. The number of urea groups is 1. The summed E-state index contributed by atoms with van der Waals surface area (Å²) >= 11 is 0. The van der Waals surface area contributed by atoms with Gasteiger partial charge in [-0.25, -0.2) is 9.59 Å². The van der Waals surface area contributed by atoms with Crippen LogP contribution < -0.4 is 11.1 Å². The number of rotatable bonds is 4. The molecule has 0 fully saturated rings. The van der Waals surface area contributed by atoms with Gasteiger partial charge in [-0.05, 0) is 6.92 Å². The van der Waals surface area contributed by atoms with Crippen LogP contribution in [0.4, 0.5) is 4.79 Å². The van der Waals surface area contributed by atoms with Crippen molar-refractivity contribution in [2.75, 3.05) is 6.61 Å². The van der Waals surface area contributed by atoms with Crippen LogP contribution in [0.1, 0.15) is 6.92 Å². The third-order valence-electron chi connectivity index (χ3n) is 1.07. The highest BCUT2D eigenvalue weighted by atomic mass is 16.5. The highest BCUT2D eigenvalue weighted by molar-refractivity contribution is 5.84. The van der Waals surface area contributed by atoms with E-state index in [4.69, 9.17) is 5.73 Å². The van der Waals surface area contributed by atoms with E-state index in [1.54, 1.807) is 6.92 Å². The minimum absolute atomic E-state index is 0.254. The highest BCUT2D eigenvalue weighted by Crippen LogP contribution is 1.89. The van der Waals surface area contributed by atoms with E-state index in [0.29, 0.717) is 0 Å². The number of carbonyl (C=O) groups excluding carboxylic acids is 2. The molecule has 3 N–H and O–H groups in total. The summed E-state index contributed by atoms with van der Waals surface area (Å²) < 4.78 is 4.62. The molecule has 2 amide bonds. The van der Waals surface area contributed by atoms with E-state index >= 15 is 0 Å². The number of ether oxygens (including phenoxy) is 1. The molecule has 0 aliphatic heterocycles. The number of amides is 2. The van der Waals surface area contributed by atoms with Crippen LogP contribution in [0.15, 0.2) is 12.7 Å². The van der Waals surface area contributed by atoms with Gasteiger partial charge >= 0.3 is 12.0 Å². The van der Waals surface area contributed by atoms with Crippen LogP contribution in [0.25, 0.3) is 0 Å². The molecule has 0 spiro atoms. The Balaban J connectivity index is 4.05. The smallest absolute Gasteiger partial charge is 0.332 e. The van der Waals surface area contributed by atoms with Crippen molar-refractivity contribution in [1.82, 2.24) is 5.32 Å². The first-order valence-electron chi connectivity index (χ1n) is 3.47. The SMILES string of the molecule is C=CC(NC(N)=O)C(=O)OCC. The Labute approximate surface area is 70.6 Å². The van der Waals surface area contributed by atoms with Crippen molar-refractivity contribution in [1.29, 1.82) is 0 Å². The van der Waals surface area contributed by atoms with E-state index in [2.05, 4.69) is 16.6 Å². The maximum atomic E-state index is 10.9. The molecule has 12 heavy (non-hydrogen) atoms. The zero-order chi connectivity index (χ0) is 9.56. The van der Waals surface area contributed by atoms with Gasteiger partial charge in [0.25, 0.3) is 0 Å². The van der Waals surface area contributed by atoms with E-state index in [0.717, 1.165) is 0 Å². The Bertz CT molecular complexity index is 191. The molecule has 5 nitrogen and oxygen atoms in total. The summed E-state index contributed by atoms with van der Waals surface area (Å²) in [7, 11) is 0. The number of nitrogens with one attached hydrogen (secondary N) is 1. The molecule has 0 aliphatic rings. The molecule has 0 heterocycles. The fourth-order valence-electron chi connectivity index (χ4n) is 0.599. The lowest BCUT2D eigenvalue weighted by molar-refractivity contribution is -0.144. The summed E-state index contributed by atoms with van der Waals surface area (Å²) in [6.45, 7) is 5.27. The average Bonchev–Trinajstić information content (AvgIpc) is 2.00. The summed E-state index contributed by atoms with van der Waals surface area (Å²) in [6, 6.07) is -1.64. The highest BCUT2D eigenvalue weighted by Gasteiger charge is 2.16. The van der Waals surface area contributed by atoms with E-state index < -0.39 is 18.0 Å².